The van der Waals surface area contributed by atoms with Crippen LogP contribution in [0.2, 0.25) is 0 Å². The molecule has 0 amide bonds. The zero-order chi connectivity index (χ0) is 13.1. The van der Waals surface area contributed by atoms with E-state index in [-0.39, 0.29) is 5.75 Å². The maximum atomic E-state index is 11.8. The molecular formula is C12H11IN2O3. The fourth-order valence-electron chi connectivity index (χ4n) is 1.50. The van der Waals surface area contributed by atoms with Crippen molar-refractivity contribution >= 4 is 22.6 Å². The standard InChI is InChI=1S/C12H11IN2O3/c1-18-9-4-2-8(3-5-9)6-15-7-14-11(13)10(16)12(15)17/h2-5,7,16H,6H2,1H3. The van der Waals surface area contributed by atoms with Gasteiger partial charge >= 0.3 is 0 Å². The average Bonchev–Trinajstić information content (AvgIpc) is 2.40. The van der Waals surface area contributed by atoms with Crippen molar-refractivity contribution in [3.63, 3.8) is 0 Å². The Balaban J connectivity index is 2.28. The molecule has 6 heteroatoms. The van der Waals surface area contributed by atoms with E-state index in [2.05, 4.69) is 4.98 Å². The van der Waals surface area contributed by atoms with E-state index in [1.54, 1.807) is 7.11 Å². The van der Waals surface area contributed by atoms with Crippen LogP contribution in [-0.4, -0.2) is 21.8 Å². The molecule has 0 saturated carbocycles. The first kappa shape index (κ1) is 12.9. The van der Waals surface area contributed by atoms with Crippen LogP contribution in [0.15, 0.2) is 35.4 Å². The molecule has 2 rings (SSSR count). The Bertz CT molecular complexity index is 608. The van der Waals surface area contributed by atoms with Crippen molar-refractivity contribution in [2.45, 2.75) is 6.54 Å². The predicted octanol–water partition coefficient (Wildman–Crippen LogP) is 1.61. The third-order valence-corrected chi connectivity index (χ3v) is 3.27. The maximum Gasteiger partial charge on any atom is 0.296 e. The number of ether oxygens (including phenoxy) is 1. The van der Waals surface area contributed by atoms with Crippen molar-refractivity contribution in [2.24, 2.45) is 0 Å². The van der Waals surface area contributed by atoms with E-state index < -0.39 is 5.56 Å². The largest absolute Gasteiger partial charge is 0.501 e. The summed E-state index contributed by atoms with van der Waals surface area (Å²) in [6.07, 6.45) is 1.42. The topological polar surface area (TPSA) is 64.3 Å². The molecule has 0 aliphatic carbocycles. The Morgan fingerprint density at radius 2 is 2.06 bits per heavy atom. The Labute approximate surface area is 117 Å². The van der Waals surface area contributed by atoms with E-state index in [1.807, 2.05) is 46.9 Å². The monoisotopic (exact) mass is 358 g/mol. The molecule has 5 nitrogen and oxygen atoms in total. The normalized spacial score (nSPS) is 10.3. The van der Waals surface area contributed by atoms with Crippen LogP contribution in [0.3, 0.4) is 0 Å². The molecule has 0 atom stereocenters. The number of aromatic hydroxyl groups is 1. The van der Waals surface area contributed by atoms with Gasteiger partial charge < -0.3 is 9.84 Å². The highest BCUT2D eigenvalue weighted by atomic mass is 127. The van der Waals surface area contributed by atoms with Crippen LogP contribution in [0, 0.1) is 3.70 Å². The van der Waals surface area contributed by atoms with E-state index in [4.69, 9.17) is 4.74 Å². The van der Waals surface area contributed by atoms with Gasteiger partial charge in [0.25, 0.3) is 5.56 Å². The van der Waals surface area contributed by atoms with Crippen molar-refractivity contribution in [3.05, 3.63) is 50.2 Å². The summed E-state index contributed by atoms with van der Waals surface area (Å²) in [4.78, 5) is 15.7. The second-order valence-electron chi connectivity index (χ2n) is 3.67. The zero-order valence-corrected chi connectivity index (χ0v) is 11.8. The molecule has 0 unspecified atom stereocenters. The Hall–Kier alpha value is -1.57. The van der Waals surface area contributed by atoms with Crippen LogP contribution in [0.4, 0.5) is 0 Å². The fourth-order valence-corrected chi connectivity index (χ4v) is 1.85. The zero-order valence-electron chi connectivity index (χ0n) is 9.63. The van der Waals surface area contributed by atoms with Gasteiger partial charge in [-0.15, -0.1) is 0 Å². The summed E-state index contributed by atoms with van der Waals surface area (Å²) in [5, 5.41) is 9.52. The fraction of sp³-hybridized carbons (Fsp3) is 0.167. The molecule has 1 aromatic heterocycles. The molecule has 2 aromatic rings. The molecule has 0 saturated heterocycles. The summed E-state index contributed by atoms with van der Waals surface area (Å²) in [5.41, 5.74) is 0.491. The smallest absolute Gasteiger partial charge is 0.296 e. The van der Waals surface area contributed by atoms with Crippen LogP contribution in [0.25, 0.3) is 0 Å². The summed E-state index contributed by atoms with van der Waals surface area (Å²) >= 11 is 1.82. The summed E-state index contributed by atoms with van der Waals surface area (Å²) in [7, 11) is 1.60. The maximum absolute atomic E-state index is 11.8. The van der Waals surface area contributed by atoms with Crippen molar-refractivity contribution in [1.29, 1.82) is 0 Å². The van der Waals surface area contributed by atoms with Gasteiger partial charge in [0, 0.05) is 0 Å². The number of hydrogen-bond acceptors (Lipinski definition) is 4. The Morgan fingerprint density at radius 1 is 1.39 bits per heavy atom. The molecule has 0 aliphatic heterocycles. The minimum absolute atomic E-state index is 0.309. The van der Waals surface area contributed by atoms with Crippen molar-refractivity contribution < 1.29 is 9.84 Å². The lowest BCUT2D eigenvalue weighted by atomic mass is 10.2. The highest BCUT2D eigenvalue weighted by molar-refractivity contribution is 14.1. The second-order valence-corrected chi connectivity index (χ2v) is 4.69. The number of methoxy groups -OCH3 is 1. The van der Waals surface area contributed by atoms with E-state index in [1.165, 1.54) is 10.9 Å². The molecule has 1 aromatic carbocycles. The molecule has 1 N–H and O–H groups in total. The van der Waals surface area contributed by atoms with Gasteiger partial charge in [-0.3, -0.25) is 9.36 Å². The summed E-state index contributed by atoms with van der Waals surface area (Å²) in [6.45, 7) is 0.361. The number of hydrogen-bond donors (Lipinski definition) is 1. The van der Waals surface area contributed by atoms with E-state index in [9.17, 15) is 9.90 Å². The van der Waals surface area contributed by atoms with Gasteiger partial charge in [0.2, 0.25) is 5.75 Å². The number of halogens is 1. The molecule has 0 aliphatic rings. The number of rotatable bonds is 3. The molecular weight excluding hydrogens is 347 g/mol. The second kappa shape index (κ2) is 5.38. The van der Waals surface area contributed by atoms with Crippen LogP contribution in [-0.2, 0) is 6.54 Å². The van der Waals surface area contributed by atoms with Crippen molar-refractivity contribution in [3.8, 4) is 11.5 Å². The van der Waals surface area contributed by atoms with Gasteiger partial charge in [0.15, 0.2) is 0 Å². The lowest BCUT2D eigenvalue weighted by Gasteiger charge is -2.07. The molecule has 0 bridgehead atoms. The van der Waals surface area contributed by atoms with Gasteiger partial charge in [-0.2, -0.15) is 0 Å². The minimum Gasteiger partial charge on any atom is -0.501 e. The van der Waals surface area contributed by atoms with E-state index >= 15 is 0 Å². The summed E-state index contributed by atoms with van der Waals surface area (Å²) < 4.78 is 6.73. The predicted molar refractivity (Wildman–Crippen MR) is 75.0 cm³/mol. The van der Waals surface area contributed by atoms with Gasteiger partial charge in [0.05, 0.1) is 20.0 Å². The van der Waals surface area contributed by atoms with E-state index in [0.29, 0.717) is 10.2 Å². The summed E-state index contributed by atoms with van der Waals surface area (Å²) in [6, 6.07) is 7.36. The molecule has 18 heavy (non-hydrogen) atoms. The SMILES string of the molecule is COc1ccc(Cn2cnc(I)c(O)c2=O)cc1. The number of benzene rings is 1. The lowest BCUT2D eigenvalue weighted by Crippen LogP contribution is -2.21. The Kier molecular flexibility index (Phi) is 3.85. The number of aromatic nitrogens is 2. The van der Waals surface area contributed by atoms with Gasteiger partial charge in [-0.1, -0.05) is 12.1 Å². The lowest BCUT2D eigenvalue weighted by molar-refractivity contribution is 0.414. The first-order valence-corrected chi connectivity index (χ1v) is 6.26. The third-order valence-electron chi connectivity index (χ3n) is 2.48. The van der Waals surface area contributed by atoms with Crippen LogP contribution < -0.4 is 10.3 Å². The van der Waals surface area contributed by atoms with E-state index in [0.717, 1.165) is 11.3 Å². The summed E-state index contributed by atoms with van der Waals surface area (Å²) in [5.74, 6) is 0.446. The first-order valence-electron chi connectivity index (χ1n) is 5.18. The molecule has 94 valence electrons. The Morgan fingerprint density at radius 3 is 2.67 bits per heavy atom. The molecule has 0 spiro atoms. The van der Waals surface area contributed by atoms with Crippen molar-refractivity contribution in [1.82, 2.24) is 9.55 Å². The quantitative estimate of drug-likeness (QED) is 0.669. The molecule has 0 fully saturated rings. The van der Waals surface area contributed by atoms with Gasteiger partial charge in [-0.05, 0) is 40.3 Å². The molecule has 0 radical (unpaired) electrons. The number of nitrogens with zero attached hydrogens (tertiary/aromatic N) is 2. The van der Waals surface area contributed by atoms with Crippen LogP contribution >= 0.6 is 22.6 Å². The van der Waals surface area contributed by atoms with Crippen molar-refractivity contribution in [2.75, 3.05) is 7.11 Å². The minimum atomic E-state index is -0.440. The van der Waals surface area contributed by atoms with Gasteiger partial charge in [-0.25, -0.2) is 4.98 Å². The third kappa shape index (κ3) is 2.63. The highest BCUT2D eigenvalue weighted by Crippen LogP contribution is 2.13. The van der Waals surface area contributed by atoms with Crippen LogP contribution in [0.1, 0.15) is 5.56 Å². The first-order chi connectivity index (χ1) is 8.61. The highest BCUT2D eigenvalue weighted by Gasteiger charge is 2.07. The van der Waals surface area contributed by atoms with Gasteiger partial charge in [0.1, 0.15) is 9.45 Å². The molecule has 1 heterocycles. The average molecular weight is 358 g/mol. The van der Waals surface area contributed by atoms with Crippen LogP contribution in [0.5, 0.6) is 11.5 Å².